The summed E-state index contributed by atoms with van der Waals surface area (Å²) in [5, 5.41) is 10.6. The number of hydrogen-bond acceptors (Lipinski definition) is 3. The molecule has 100 valence electrons. The molecule has 0 aromatic carbocycles. The molecule has 1 heterocycles. The van der Waals surface area contributed by atoms with E-state index in [-0.39, 0.29) is 6.10 Å². The average Bonchev–Trinajstić information content (AvgIpc) is 2.35. The Hall–Kier alpha value is -0.640. The molecular weight excluding hydrogens is 248 g/mol. The zero-order chi connectivity index (χ0) is 13.0. The lowest BCUT2D eigenvalue weighted by Crippen LogP contribution is -2.34. The summed E-state index contributed by atoms with van der Waals surface area (Å²) in [7, 11) is 2.08. The smallest absolute Gasteiger partial charge is 0.0589 e. The Kier molecular flexibility index (Phi) is 4.98. The fourth-order valence-corrected chi connectivity index (χ4v) is 2.75. The van der Waals surface area contributed by atoms with Crippen LogP contribution in [-0.4, -0.2) is 34.7 Å². The van der Waals surface area contributed by atoms with E-state index in [0.717, 1.165) is 31.6 Å². The van der Waals surface area contributed by atoms with Gasteiger partial charge in [-0.3, -0.25) is 4.98 Å². The maximum atomic E-state index is 9.96. The van der Waals surface area contributed by atoms with E-state index >= 15 is 0 Å². The van der Waals surface area contributed by atoms with Gasteiger partial charge in [-0.15, -0.1) is 0 Å². The second-order valence-corrected chi connectivity index (χ2v) is 5.71. The largest absolute Gasteiger partial charge is 0.393 e. The van der Waals surface area contributed by atoms with E-state index in [0.29, 0.717) is 10.9 Å². The van der Waals surface area contributed by atoms with E-state index in [1.807, 2.05) is 12.1 Å². The molecule has 0 radical (unpaired) electrons. The highest BCUT2D eigenvalue weighted by atomic mass is 35.5. The summed E-state index contributed by atoms with van der Waals surface area (Å²) in [5.41, 5.74) is 1.02. The molecule has 2 rings (SSSR count). The van der Waals surface area contributed by atoms with Crippen LogP contribution in [0, 0.1) is 5.92 Å². The molecule has 1 fully saturated rings. The highest BCUT2D eigenvalue weighted by Gasteiger charge is 2.24. The Morgan fingerprint density at radius 2 is 2.17 bits per heavy atom. The van der Waals surface area contributed by atoms with Crippen LogP contribution in [0.15, 0.2) is 18.3 Å². The van der Waals surface area contributed by atoms with Crippen molar-refractivity contribution < 1.29 is 5.11 Å². The van der Waals surface area contributed by atoms with Crippen LogP contribution in [0.4, 0.5) is 0 Å². The average molecular weight is 269 g/mol. The Bertz CT molecular complexity index is 369. The maximum absolute atomic E-state index is 9.96. The van der Waals surface area contributed by atoms with Crippen LogP contribution in [0.25, 0.3) is 0 Å². The second-order valence-electron chi connectivity index (χ2n) is 5.28. The molecule has 1 aliphatic carbocycles. The monoisotopic (exact) mass is 268 g/mol. The third kappa shape index (κ3) is 3.94. The topological polar surface area (TPSA) is 36.4 Å². The van der Waals surface area contributed by atoms with Gasteiger partial charge in [0, 0.05) is 19.3 Å². The summed E-state index contributed by atoms with van der Waals surface area (Å²) in [4.78, 5) is 6.53. The molecule has 0 aliphatic heterocycles. The molecule has 18 heavy (non-hydrogen) atoms. The third-order valence-electron chi connectivity index (χ3n) is 3.64. The normalized spacial score (nSPS) is 24.4. The van der Waals surface area contributed by atoms with E-state index < -0.39 is 0 Å². The standard InChI is InChI=1S/C14H21ClN2O/c1-17(9-11-4-2-3-5-14(11)18)10-13-7-6-12(15)8-16-13/h6-8,11,14,18H,2-5,9-10H2,1H3. The highest BCUT2D eigenvalue weighted by Crippen LogP contribution is 2.25. The van der Waals surface area contributed by atoms with Crippen molar-refractivity contribution in [3.05, 3.63) is 29.0 Å². The summed E-state index contributed by atoms with van der Waals surface area (Å²) < 4.78 is 0. The van der Waals surface area contributed by atoms with Crippen molar-refractivity contribution in [3.8, 4) is 0 Å². The van der Waals surface area contributed by atoms with Crippen molar-refractivity contribution in [2.24, 2.45) is 5.92 Å². The summed E-state index contributed by atoms with van der Waals surface area (Å²) in [6, 6.07) is 3.82. The molecule has 0 amide bonds. The first-order chi connectivity index (χ1) is 8.65. The number of aromatic nitrogens is 1. The molecule has 0 saturated heterocycles. The maximum Gasteiger partial charge on any atom is 0.0589 e. The molecule has 1 saturated carbocycles. The van der Waals surface area contributed by atoms with Gasteiger partial charge in [-0.2, -0.15) is 0 Å². The van der Waals surface area contributed by atoms with Gasteiger partial charge in [-0.1, -0.05) is 24.4 Å². The molecule has 1 aromatic heterocycles. The number of aliphatic hydroxyl groups excluding tert-OH is 1. The molecule has 4 heteroatoms. The third-order valence-corrected chi connectivity index (χ3v) is 3.86. The highest BCUT2D eigenvalue weighted by molar-refractivity contribution is 6.30. The Morgan fingerprint density at radius 1 is 1.39 bits per heavy atom. The van der Waals surface area contributed by atoms with Crippen LogP contribution in [-0.2, 0) is 6.54 Å². The quantitative estimate of drug-likeness (QED) is 0.912. The van der Waals surface area contributed by atoms with Crippen LogP contribution in [0.5, 0.6) is 0 Å². The van der Waals surface area contributed by atoms with Gasteiger partial charge in [-0.05, 0) is 37.9 Å². The molecule has 1 aliphatic rings. The molecule has 0 spiro atoms. The SMILES string of the molecule is CN(Cc1ccc(Cl)cn1)CC1CCCCC1O. The first kappa shape index (κ1) is 13.8. The van der Waals surface area contributed by atoms with Gasteiger partial charge >= 0.3 is 0 Å². The fourth-order valence-electron chi connectivity index (χ4n) is 2.64. The summed E-state index contributed by atoms with van der Waals surface area (Å²) in [6.45, 7) is 1.74. The van der Waals surface area contributed by atoms with Crippen molar-refractivity contribution in [3.63, 3.8) is 0 Å². The van der Waals surface area contributed by atoms with Crippen molar-refractivity contribution in [2.45, 2.75) is 38.3 Å². The van der Waals surface area contributed by atoms with Gasteiger partial charge in [-0.25, -0.2) is 0 Å². The summed E-state index contributed by atoms with van der Waals surface area (Å²) in [5.74, 6) is 0.413. The zero-order valence-corrected chi connectivity index (χ0v) is 11.6. The van der Waals surface area contributed by atoms with Crippen LogP contribution in [0.3, 0.4) is 0 Å². The van der Waals surface area contributed by atoms with E-state index in [1.165, 1.54) is 12.8 Å². The van der Waals surface area contributed by atoms with E-state index in [1.54, 1.807) is 6.20 Å². The Morgan fingerprint density at radius 3 is 2.83 bits per heavy atom. The van der Waals surface area contributed by atoms with Crippen LogP contribution in [0.2, 0.25) is 5.02 Å². The van der Waals surface area contributed by atoms with Gasteiger partial charge in [0.15, 0.2) is 0 Å². The van der Waals surface area contributed by atoms with Crippen molar-refractivity contribution in [1.29, 1.82) is 0 Å². The lowest BCUT2D eigenvalue weighted by molar-refractivity contribution is 0.0500. The molecule has 1 N–H and O–H groups in total. The van der Waals surface area contributed by atoms with E-state index in [2.05, 4.69) is 16.9 Å². The minimum Gasteiger partial charge on any atom is -0.393 e. The van der Waals surface area contributed by atoms with Gasteiger partial charge in [0.25, 0.3) is 0 Å². The second kappa shape index (κ2) is 6.50. The van der Waals surface area contributed by atoms with Crippen LogP contribution < -0.4 is 0 Å². The molecule has 1 aromatic rings. The predicted molar refractivity (Wildman–Crippen MR) is 73.5 cm³/mol. The van der Waals surface area contributed by atoms with E-state index in [9.17, 15) is 5.11 Å². The number of hydrogen-bond donors (Lipinski definition) is 1. The Balaban J connectivity index is 1.84. The van der Waals surface area contributed by atoms with Crippen LogP contribution >= 0.6 is 11.6 Å². The molecule has 0 bridgehead atoms. The first-order valence-corrected chi connectivity index (χ1v) is 7.00. The van der Waals surface area contributed by atoms with Crippen molar-refractivity contribution >= 4 is 11.6 Å². The molecule has 2 atom stereocenters. The number of pyridine rings is 1. The van der Waals surface area contributed by atoms with Crippen LogP contribution in [0.1, 0.15) is 31.4 Å². The number of rotatable bonds is 4. The molecular formula is C14H21ClN2O. The summed E-state index contributed by atoms with van der Waals surface area (Å²) in [6.07, 6.45) is 6.06. The lowest BCUT2D eigenvalue weighted by Gasteiger charge is -2.31. The summed E-state index contributed by atoms with van der Waals surface area (Å²) >= 11 is 5.81. The van der Waals surface area contributed by atoms with Crippen molar-refractivity contribution in [2.75, 3.05) is 13.6 Å². The Labute approximate surface area is 114 Å². The van der Waals surface area contributed by atoms with Gasteiger partial charge in [0.1, 0.15) is 0 Å². The van der Waals surface area contributed by atoms with Gasteiger partial charge < -0.3 is 10.0 Å². The lowest BCUT2D eigenvalue weighted by atomic mass is 9.86. The van der Waals surface area contributed by atoms with Gasteiger partial charge in [0.05, 0.1) is 16.8 Å². The van der Waals surface area contributed by atoms with Crippen molar-refractivity contribution in [1.82, 2.24) is 9.88 Å². The van der Waals surface area contributed by atoms with Gasteiger partial charge in [0.2, 0.25) is 0 Å². The van der Waals surface area contributed by atoms with E-state index in [4.69, 9.17) is 11.6 Å². The fraction of sp³-hybridized carbons (Fsp3) is 0.643. The minimum atomic E-state index is -0.126. The molecule has 2 unspecified atom stereocenters. The zero-order valence-electron chi connectivity index (χ0n) is 10.8. The molecule has 3 nitrogen and oxygen atoms in total. The first-order valence-electron chi connectivity index (χ1n) is 6.62. The number of aliphatic hydroxyl groups is 1. The number of halogens is 1. The predicted octanol–water partition coefficient (Wildman–Crippen LogP) is 2.72. The minimum absolute atomic E-state index is 0.126. The number of nitrogens with zero attached hydrogens (tertiary/aromatic N) is 2.